The fraction of sp³-hybridized carbons (Fsp3) is 0.364. The summed E-state index contributed by atoms with van der Waals surface area (Å²) < 4.78 is 12.6. The Morgan fingerprint density at radius 3 is 2.33 bits per heavy atom. The molecule has 0 aliphatic carbocycles. The summed E-state index contributed by atoms with van der Waals surface area (Å²) in [5, 5.41) is 18.6. The molecule has 1 aromatic rings. The van der Waals surface area contributed by atoms with E-state index in [-0.39, 0.29) is 0 Å². The van der Waals surface area contributed by atoms with Gasteiger partial charge in [0.25, 0.3) is 0 Å². The molecule has 0 heterocycles. The number of carboxylic acids is 1. The Labute approximate surface area is 87.2 Å². The Morgan fingerprint density at radius 2 is 1.93 bits per heavy atom. The molecule has 0 saturated heterocycles. The molecule has 2 N–H and O–H groups in total. The molecular formula is C11H13FO3. The molecular weight excluding hydrogens is 199 g/mol. The van der Waals surface area contributed by atoms with Gasteiger partial charge in [0.2, 0.25) is 0 Å². The van der Waals surface area contributed by atoms with E-state index in [4.69, 9.17) is 5.11 Å². The smallest absolute Gasteiger partial charge is 0.309 e. The maximum atomic E-state index is 12.6. The average Bonchev–Trinajstić information content (AvgIpc) is 2.19. The number of hydrogen-bond acceptors (Lipinski definition) is 2. The van der Waals surface area contributed by atoms with Crippen molar-refractivity contribution in [3.63, 3.8) is 0 Å². The number of carbonyl (C=O) groups is 1. The molecule has 2 atom stereocenters. The molecule has 82 valence electrons. The number of aliphatic carboxylic acids is 1. The molecule has 1 rings (SSSR count). The van der Waals surface area contributed by atoms with Crippen molar-refractivity contribution in [2.75, 3.05) is 0 Å². The molecule has 0 radical (unpaired) electrons. The predicted molar refractivity (Wildman–Crippen MR) is 52.8 cm³/mol. The van der Waals surface area contributed by atoms with Gasteiger partial charge in [0, 0.05) is 0 Å². The van der Waals surface area contributed by atoms with Crippen LogP contribution in [0.2, 0.25) is 0 Å². The van der Waals surface area contributed by atoms with Crippen LogP contribution in [-0.2, 0) is 4.79 Å². The summed E-state index contributed by atoms with van der Waals surface area (Å²) >= 11 is 0. The van der Waals surface area contributed by atoms with Crippen LogP contribution in [0.1, 0.15) is 25.0 Å². The highest BCUT2D eigenvalue weighted by Gasteiger charge is 2.25. The standard InChI is InChI=1S/C11H13FO3/c1-2-9(11(14)15)10(13)7-3-5-8(12)6-4-7/h3-6,9-10,13H,2H2,1H3,(H,14,15). The number of rotatable bonds is 4. The second-order valence-corrected chi connectivity index (χ2v) is 3.35. The van der Waals surface area contributed by atoms with E-state index < -0.39 is 23.8 Å². The molecule has 0 aliphatic heterocycles. The van der Waals surface area contributed by atoms with E-state index in [9.17, 15) is 14.3 Å². The lowest BCUT2D eigenvalue weighted by molar-refractivity contribution is -0.146. The highest BCUT2D eigenvalue weighted by molar-refractivity contribution is 5.70. The molecule has 0 amide bonds. The van der Waals surface area contributed by atoms with E-state index in [1.165, 1.54) is 24.3 Å². The molecule has 2 unspecified atom stereocenters. The molecule has 15 heavy (non-hydrogen) atoms. The van der Waals surface area contributed by atoms with Crippen LogP contribution in [0.15, 0.2) is 24.3 Å². The van der Waals surface area contributed by atoms with Gasteiger partial charge in [-0.25, -0.2) is 4.39 Å². The first kappa shape index (κ1) is 11.7. The second-order valence-electron chi connectivity index (χ2n) is 3.35. The monoisotopic (exact) mass is 212 g/mol. The number of carboxylic acid groups (broad SMARTS) is 1. The molecule has 1 aromatic carbocycles. The lowest BCUT2D eigenvalue weighted by Crippen LogP contribution is -2.21. The van der Waals surface area contributed by atoms with Crippen molar-refractivity contribution in [2.45, 2.75) is 19.4 Å². The first-order valence-corrected chi connectivity index (χ1v) is 4.72. The van der Waals surface area contributed by atoms with Crippen LogP contribution in [0.4, 0.5) is 4.39 Å². The Morgan fingerprint density at radius 1 is 1.40 bits per heavy atom. The number of halogens is 1. The van der Waals surface area contributed by atoms with E-state index in [1.807, 2.05) is 0 Å². The first-order chi connectivity index (χ1) is 7.06. The largest absolute Gasteiger partial charge is 0.481 e. The van der Waals surface area contributed by atoms with E-state index in [0.29, 0.717) is 12.0 Å². The summed E-state index contributed by atoms with van der Waals surface area (Å²) in [6.45, 7) is 1.69. The predicted octanol–water partition coefficient (Wildman–Crippen LogP) is 1.97. The second kappa shape index (κ2) is 4.89. The summed E-state index contributed by atoms with van der Waals surface area (Å²) in [5.41, 5.74) is 0.422. The van der Waals surface area contributed by atoms with Gasteiger partial charge in [-0.3, -0.25) is 4.79 Å². The maximum Gasteiger partial charge on any atom is 0.309 e. The highest BCUT2D eigenvalue weighted by Crippen LogP contribution is 2.24. The quantitative estimate of drug-likeness (QED) is 0.802. The number of aliphatic hydroxyl groups excluding tert-OH is 1. The Kier molecular flexibility index (Phi) is 3.80. The zero-order valence-electron chi connectivity index (χ0n) is 8.35. The summed E-state index contributed by atoms with van der Waals surface area (Å²) in [6, 6.07) is 5.19. The third-order valence-corrected chi connectivity index (χ3v) is 2.35. The fourth-order valence-corrected chi connectivity index (χ4v) is 1.43. The van der Waals surface area contributed by atoms with Gasteiger partial charge in [0.15, 0.2) is 0 Å². The molecule has 4 heteroatoms. The van der Waals surface area contributed by atoms with Crippen molar-refractivity contribution >= 4 is 5.97 Å². The average molecular weight is 212 g/mol. The molecule has 0 aromatic heterocycles. The van der Waals surface area contributed by atoms with Crippen molar-refractivity contribution in [3.05, 3.63) is 35.6 Å². The topological polar surface area (TPSA) is 57.5 Å². The van der Waals surface area contributed by atoms with E-state index in [0.717, 1.165) is 0 Å². The third-order valence-electron chi connectivity index (χ3n) is 2.35. The molecule has 0 spiro atoms. The van der Waals surface area contributed by atoms with E-state index in [1.54, 1.807) is 6.92 Å². The van der Waals surface area contributed by atoms with E-state index in [2.05, 4.69) is 0 Å². The number of benzene rings is 1. The lowest BCUT2D eigenvalue weighted by atomic mass is 9.94. The highest BCUT2D eigenvalue weighted by atomic mass is 19.1. The summed E-state index contributed by atoms with van der Waals surface area (Å²) in [5.74, 6) is -2.31. The van der Waals surface area contributed by atoms with Gasteiger partial charge in [0.1, 0.15) is 5.82 Å². The normalized spacial score (nSPS) is 14.6. The minimum Gasteiger partial charge on any atom is -0.481 e. The van der Waals surface area contributed by atoms with Crippen molar-refractivity contribution < 1.29 is 19.4 Å². The van der Waals surface area contributed by atoms with Crippen LogP contribution in [0.5, 0.6) is 0 Å². The Hall–Kier alpha value is -1.42. The molecule has 3 nitrogen and oxygen atoms in total. The van der Waals surface area contributed by atoms with Crippen molar-refractivity contribution in [2.24, 2.45) is 5.92 Å². The zero-order valence-corrected chi connectivity index (χ0v) is 8.35. The van der Waals surface area contributed by atoms with Gasteiger partial charge in [-0.2, -0.15) is 0 Å². The minimum absolute atomic E-state index is 0.327. The summed E-state index contributed by atoms with van der Waals surface area (Å²) in [7, 11) is 0. The van der Waals surface area contributed by atoms with Crippen LogP contribution in [0, 0.1) is 11.7 Å². The van der Waals surface area contributed by atoms with Gasteiger partial charge in [-0.1, -0.05) is 19.1 Å². The third kappa shape index (κ3) is 2.76. The summed E-state index contributed by atoms with van der Waals surface area (Å²) in [6.07, 6.45) is -0.762. The van der Waals surface area contributed by atoms with Crippen molar-refractivity contribution in [1.29, 1.82) is 0 Å². The Bertz CT molecular complexity index is 334. The van der Waals surface area contributed by atoms with Gasteiger partial charge in [0.05, 0.1) is 12.0 Å². The van der Waals surface area contributed by atoms with Gasteiger partial charge in [-0.15, -0.1) is 0 Å². The molecule has 0 saturated carbocycles. The number of hydrogen-bond donors (Lipinski definition) is 2. The number of aliphatic hydroxyl groups is 1. The van der Waals surface area contributed by atoms with E-state index >= 15 is 0 Å². The molecule has 0 fully saturated rings. The van der Waals surface area contributed by atoms with Gasteiger partial charge in [-0.05, 0) is 24.1 Å². The lowest BCUT2D eigenvalue weighted by Gasteiger charge is -2.17. The van der Waals surface area contributed by atoms with Gasteiger partial charge < -0.3 is 10.2 Å². The first-order valence-electron chi connectivity index (χ1n) is 4.72. The van der Waals surface area contributed by atoms with Crippen LogP contribution < -0.4 is 0 Å². The minimum atomic E-state index is -1.09. The zero-order chi connectivity index (χ0) is 11.4. The molecule has 0 bridgehead atoms. The van der Waals surface area contributed by atoms with Crippen LogP contribution in [0.3, 0.4) is 0 Å². The van der Waals surface area contributed by atoms with Gasteiger partial charge >= 0.3 is 5.97 Å². The summed E-state index contributed by atoms with van der Waals surface area (Å²) in [4.78, 5) is 10.8. The van der Waals surface area contributed by atoms with Crippen LogP contribution in [0.25, 0.3) is 0 Å². The van der Waals surface area contributed by atoms with Crippen LogP contribution >= 0.6 is 0 Å². The SMILES string of the molecule is CCC(C(=O)O)C(O)c1ccc(F)cc1. The van der Waals surface area contributed by atoms with Crippen molar-refractivity contribution in [1.82, 2.24) is 0 Å². The van der Waals surface area contributed by atoms with Crippen molar-refractivity contribution in [3.8, 4) is 0 Å². The van der Waals surface area contributed by atoms with Crippen LogP contribution in [-0.4, -0.2) is 16.2 Å². The molecule has 0 aliphatic rings. The Balaban J connectivity index is 2.87. The fourth-order valence-electron chi connectivity index (χ4n) is 1.43. The maximum absolute atomic E-state index is 12.6.